The van der Waals surface area contributed by atoms with Crippen LogP contribution in [0.5, 0.6) is 0 Å². The van der Waals surface area contributed by atoms with E-state index in [-0.39, 0.29) is 12.0 Å². The second-order valence-corrected chi connectivity index (χ2v) is 13.2. The van der Waals surface area contributed by atoms with E-state index in [1.165, 1.54) is 32.1 Å². The second kappa shape index (κ2) is 12.5. The summed E-state index contributed by atoms with van der Waals surface area (Å²) in [6.07, 6.45) is 14.6. The molecular weight excluding hydrogens is 526 g/mol. The number of halogens is 1. The van der Waals surface area contributed by atoms with Crippen molar-refractivity contribution in [2.45, 2.75) is 88.9 Å². The molecule has 7 rings (SSSR count). The standard InChI is InChI=1S/C32H44ClN3O4/c1-38-32(24-15-22-14-23(17-24)18-25(32)16-22)40-39-27-7-4-21(5-8-27)19-31(37)36-12-3-2-11-34-29-10-13-35-30-20-26(33)6-9-28(29)30/h6,9-10,13,20-25,27H,2-5,7-8,11-12,14-19H2,1H3,(H,34,35)(H,36,37). The van der Waals surface area contributed by atoms with E-state index in [9.17, 15) is 4.79 Å². The number of aromatic nitrogens is 1. The van der Waals surface area contributed by atoms with Crippen molar-refractivity contribution in [1.82, 2.24) is 10.3 Å². The summed E-state index contributed by atoms with van der Waals surface area (Å²) in [7, 11) is 1.80. The molecule has 5 fully saturated rings. The third-order valence-electron chi connectivity index (χ3n) is 10.1. The molecule has 1 heterocycles. The fourth-order valence-corrected chi connectivity index (χ4v) is 8.40. The van der Waals surface area contributed by atoms with Crippen LogP contribution in [0.25, 0.3) is 10.9 Å². The zero-order valence-corrected chi connectivity index (χ0v) is 24.5. The summed E-state index contributed by atoms with van der Waals surface area (Å²) in [5.74, 6) is 2.71. The highest BCUT2D eigenvalue weighted by molar-refractivity contribution is 6.31. The Morgan fingerprint density at radius 1 is 1.00 bits per heavy atom. The summed E-state index contributed by atoms with van der Waals surface area (Å²) in [6.45, 7) is 1.55. The van der Waals surface area contributed by atoms with Crippen molar-refractivity contribution < 1.29 is 19.3 Å². The Morgan fingerprint density at radius 2 is 1.73 bits per heavy atom. The maximum atomic E-state index is 12.6. The van der Waals surface area contributed by atoms with Crippen LogP contribution < -0.4 is 10.6 Å². The second-order valence-electron chi connectivity index (χ2n) is 12.8. The van der Waals surface area contributed by atoms with Crippen LogP contribution in [0.2, 0.25) is 5.02 Å². The van der Waals surface area contributed by atoms with Gasteiger partial charge in [-0.1, -0.05) is 11.6 Å². The summed E-state index contributed by atoms with van der Waals surface area (Å²) >= 11 is 6.09. The van der Waals surface area contributed by atoms with Crippen LogP contribution in [0.15, 0.2) is 30.5 Å². The number of amides is 1. The number of benzene rings is 1. The van der Waals surface area contributed by atoms with Gasteiger partial charge in [0.25, 0.3) is 0 Å². The van der Waals surface area contributed by atoms with Gasteiger partial charge in [-0.2, -0.15) is 0 Å². The predicted octanol–water partition coefficient (Wildman–Crippen LogP) is 6.89. The fourth-order valence-electron chi connectivity index (χ4n) is 8.23. The Hall–Kier alpha value is -1.93. The predicted molar refractivity (Wildman–Crippen MR) is 157 cm³/mol. The molecular formula is C32H44ClN3O4. The Morgan fingerprint density at radius 3 is 2.45 bits per heavy atom. The molecule has 5 aliphatic carbocycles. The molecule has 0 radical (unpaired) electrons. The number of nitrogens with zero attached hydrogens (tertiary/aromatic N) is 1. The first-order valence-electron chi connectivity index (χ1n) is 15.5. The normalized spacial score (nSPS) is 32.9. The molecule has 2 aromatic rings. The number of pyridine rings is 1. The number of rotatable bonds is 12. The fraction of sp³-hybridized carbons (Fsp3) is 0.688. The molecule has 2 N–H and O–H groups in total. The minimum atomic E-state index is -0.542. The Kier molecular flexibility index (Phi) is 8.83. The zero-order chi connectivity index (χ0) is 27.5. The van der Waals surface area contributed by atoms with E-state index >= 15 is 0 Å². The molecule has 1 aromatic heterocycles. The summed E-state index contributed by atoms with van der Waals surface area (Å²) in [5, 5.41) is 8.37. The number of anilines is 1. The van der Waals surface area contributed by atoms with Crippen molar-refractivity contribution in [2.24, 2.45) is 29.6 Å². The van der Waals surface area contributed by atoms with Crippen molar-refractivity contribution in [1.29, 1.82) is 0 Å². The number of hydrogen-bond donors (Lipinski definition) is 2. The van der Waals surface area contributed by atoms with Crippen LogP contribution in [-0.2, 0) is 19.3 Å². The SMILES string of the molecule is COC1(OOC2CCC(CC(=O)NCCCCNc3ccnc4cc(Cl)ccc34)CC2)C2CC3CC(C2)CC1C3. The van der Waals surface area contributed by atoms with Gasteiger partial charge < -0.3 is 15.4 Å². The van der Waals surface area contributed by atoms with Gasteiger partial charge in [-0.25, -0.2) is 9.78 Å². The topological polar surface area (TPSA) is 81.7 Å². The first-order chi connectivity index (χ1) is 19.5. The highest BCUT2D eigenvalue weighted by Crippen LogP contribution is 2.60. The molecule has 0 saturated heterocycles. The number of methoxy groups -OCH3 is 1. The maximum Gasteiger partial charge on any atom is 0.220 e. The molecule has 4 bridgehead atoms. The van der Waals surface area contributed by atoms with E-state index in [1.54, 1.807) is 13.3 Å². The van der Waals surface area contributed by atoms with Gasteiger partial charge in [0.15, 0.2) is 0 Å². The highest BCUT2D eigenvalue weighted by atomic mass is 35.5. The lowest BCUT2D eigenvalue weighted by Crippen LogP contribution is -2.60. The van der Waals surface area contributed by atoms with E-state index in [0.717, 1.165) is 73.5 Å². The van der Waals surface area contributed by atoms with E-state index in [2.05, 4.69) is 15.6 Å². The molecule has 0 spiro atoms. The third kappa shape index (κ3) is 6.13. The number of hydrogen-bond acceptors (Lipinski definition) is 6. The molecule has 8 heteroatoms. The summed E-state index contributed by atoms with van der Waals surface area (Å²) in [6, 6.07) is 7.76. The summed E-state index contributed by atoms with van der Waals surface area (Å²) in [5.41, 5.74) is 1.95. The molecule has 1 amide bonds. The number of fused-ring (bicyclic) bond motifs is 1. The van der Waals surface area contributed by atoms with Gasteiger partial charge in [-0.3, -0.25) is 9.78 Å². The molecule has 40 heavy (non-hydrogen) atoms. The minimum absolute atomic E-state index is 0.102. The lowest BCUT2D eigenvalue weighted by atomic mass is 9.53. The molecule has 0 unspecified atom stereocenters. The van der Waals surface area contributed by atoms with Crippen LogP contribution in [0, 0.1) is 29.6 Å². The van der Waals surface area contributed by atoms with Gasteiger partial charge in [-0.15, -0.1) is 0 Å². The van der Waals surface area contributed by atoms with Crippen LogP contribution in [-0.4, -0.2) is 43.0 Å². The van der Waals surface area contributed by atoms with Gasteiger partial charge in [0.05, 0.1) is 11.6 Å². The van der Waals surface area contributed by atoms with E-state index in [4.69, 9.17) is 26.1 Å². The largest absolute Gasteiger partial charge is 0.384 e. The molecule has 1 aromatic carbocycles. The summed E-state index contributed by atoms with van der Waals surface area (Å²) < 4.78 is 6.07. The lowest BCUT2D eigenvalue weighted by Gasteiger charge is -2.58. The van der Waals surface area contributed by atoms with E-state index in [0.29, 0.717) is 35.7 Å². The molecule has 5 aliphatic rings. The van der Waals surface area contributed by atoms with E-state index < -0.39 is 5.79 Å². The molecule has 7 nitrogen and oxygen atoms in total. The summed E-state index contributed by atoms with van der Waals surface area (Å²) in [4.78, 5) is 29.3. The third-order valence-corrected chi connectivity index (χ3v) is 10.4. The monoisotopic (exact) mass is 569 g/mol. The highest BCUT2D eigenvalue weighted by Gasteiger charge is 2.60. The number of nitrogens with one attached hydrogen (secondary N) is 2. The Balaban J connectivity index is 0.853. The van der Waals surface area contributed by atoms with Crippen LogP contribution in [0.3, 0.4) is 0 Å². The van der Waals surface area contributed by atoms with Gasteiger partial charge in [0, 0.05) is 60.7 Å². The average Bonchev–Trinajstić information content (AvgIpc) is 2.95. The number of unbranched alkanes of at least 4 members (excludes halogenated alkanes) is 1. The van der Waals surface area contributed by atoms with Crippen molar-refractivity contribution >= 4 is 34.1 Å². The number of ether oxygens (including phenoxy) is 1. The van der Waals surface area contributed by atoms with Crippen molar-refractivity contribution in [3.63, 3.8) is 0 Å². The van der Waals surface area contributed by atoms with Gasteiger partial charge in [-0.05, 0) is 113 Å². The van der Waals surface area contributed by atoms with Gasteiger partial charge >= 0.3 is 0 Å². The zero-order valence-electron chi connectivity index (χ0n) is 23.7. The Bertz CT molecular complexity index is 1140. The van der Waals surface area contributed by atoms with Gasteiger partial charge in [0.2, 0.25) is 11.7 Å². The molecule has 5 saturated carbocycles. The number of carbonyl (C=O) groups is 1. The average molecular weight is 570 g/mol. The Labute approximate surface area is 243 Å². The van der Waals surface area contributed by atoms with Crippen LogP contribution in [0.1, 0.15) is 77.0 Å². The quantitative estimate of drug-likeness (QED) is 0.125. The lowest BCUT2D eigenvalue weighted by molar-refractivity contribution is -0.485. The maximum absolute atomic E-state index is 12.6. The number of carbonyl (C=O) groups excluding carboxylic acids is 1. The smallest absolute Gasteiger partial charge is 0.220 e. The van der Waals surface area contributed by atoms with Crippen LogP contribution in [0.4, 0.5) is 5.69 Å². The minimum Gasteiger partial charge on any atom is -0.384 e. The van der Waals surface area contributed by atoms with Gasteiger partial charge in [0.1, 0.15) is 0 Å². The first kappa shape index (κ1) is 28.2. The van der Waals surface area contributed by atoms with Crippen molar-refractivity contribution in [2.75, 3.05) is 25.5 Å². The van der Waals surface area contributed by atoms with Crippen LogP contribution >= 0.6 is 11.6 Å². The first-order valence-corrected chi connectivity index (χ1v) is 15.8. The molecule has 0 aliphatic heterocycles. The van der Waals surface area contributed by atoms with Crippen molar-refractivity contribution in [3.8, 4) is 0 Å². The molecule has 218 valence electrons. The molecule has 0 atom stereocenters. The van der Waals surface area contributed by atoms with E-state index in [1.807, 2.05) is 24.3 Å². The van der Waals surface area contributed by atoms with Crippen molar-refractivity contribution in [3.05, 3.63) is 35.5 Å².